The van der Waals surface area contributed by atoms with Crippen LogP contribution in [0.3, 0.4) is 0 Å². The molecule has 3 aliphatic rings. The molecule has 1 saturated carbocycles. The van der Waals surface area contributed by atoms with Crippen LogP contribution in [0.1, 0.15) is 135 Å². The monoisotopic (exact) mass is 1240 g/mol. The Hall–Kier alpha value is -8.01. The molecule has 27 nitrogen and oxygen atoms in total. The predicted molar refractivity (Wildman–Crippen MR) is 307 cm³/mol. The molecule has 1 aliphatic heterocycles. The zero-order valence-electron chi connectivity index (χ0n) is 51.1. The van der Waals surface area contributed by atoms with E-state index >= 15 is 9.59 Å². The highest BCUT2D eigenvalue weighted by Gasteiger charge is 2.69. The topological polar surface area (TPSA) is 391 Å². The standard InChI is InChI=1S/C61H82N4O23/c1-33-41(30-61(80)51(87-54(76)36-21-15-12-16-22-36)38-32-84-37(31-83-34(2)66)29-42(81-9)60(38,8)50(71)48(82-10)46(33)59(61,6)7)85-55(77)49(47(35-19-13-11-14-20-35)65-57(79)88-58(3,4)5)86-45(70)27-25-43(67)62-28-18-17-23-39(52(72)73)63-56(78)64-40(53(74)75)24-26-44(68)69/h11-16,19-22,37-42,47-49,51,80H,17-18,23-32H2,1-10H3,(H,62,67)(H,65,79)(H,68,69)(H,72,73)(H,74,75)(H2,63,64,78)/t37-,38+,39+,40+,41+,42+,47+,48-,49-,51+,60+,61-/m1/s1. The lowest BCUT2D eigenvalue weighted by molar-refractivity contribution is -0.221. The number of alkyl carbamates (subject to hydrolysis) is 1. The van der Waals surface area contributed by atoms with Gasteiger partial charge in [-0.25, -0.2) is 28.8 Å². The molecule has 0 unspecified atom stereocenters. The van der Waals surface area contributed by atoms with Crippen LogP contribution in [-0.4, -0.2) is 180 Å². The number of urea groups is 1. The maximum atomic E-state index is 15.8. The highest BCUT2D eigenvalue weighted by atomic mass is 16.6. The second-order valence-electron chi connectivity index (χ2n) is 23.7. The molecule has 1 saturated heterocycles. The molecule has 0 radical (unpaired) electrons. The molecule has 88 heavy (non-hydrogen) atoms. The molecular weight excluding hydrogens is 1160 g/mol. The van der Waals surface area contributed by atoms with Crippen LogP contribution in [0.25, 0.3) is 0 Å². The number of rotatable bonds is 27. The molecular formula is C61H82N4O23. The van der Waals surface area contributed by atoms with E-state index in [1.54, 1.807) is 84.9 Å². The number of carboxylic acid groups (broad SMARTS) is 3. The summed E-state index contributed by atoms with van der Waals surface area (Å²) in [4.78, 5) is 145. The van der Waals surface area contributed by atoms with Crippen molar-refractivity contribution in [1.82, 2.24) is 21.3 Å². The summed E-state index contributed by atoms with van der Waals surface area (Å²) in [5.41, 5.74) is -5.96. The van der Waals surface area contributed by atoms with Gasteiger partial charge in [-0.1, -0.05) is 62.4 Å². The van der Waals surface area contributed by atoms with Crippen molar-refractivity contribution < 1.29 is 111 Å². The van der Waals surface area contributed by atoms with Gasteiger partial charge >= 0.3 is 53.9 Å². The number of ketones is 1. The van der Waals surface area contributed by atoms with Crippen molar-refractivity contribution in [3.05, 3.63) is 82.9 Å². The number of benzene rings is 2. The van der Waals surface area contributed by atoms with E-state index in [1.165, 1.54) is 45.4 Å². The minimum Gasteiger partial charge on any atom is -0.481 e. The summed E-state index contributed by atoms with van der Waals surface area (Å²) in [6, 6.07) is 9.97. The normalized spacial score (nSPS) is 24.5. The third-order valence-corrected chi connectivity index (χ3v) is 16.2. The summed E-state index contributed by atoms with van der Waals surface area (Å²) in [7, 11) is 2.68. The summed E-state index contributed by atoms with van der Waals surface area (Å²) in [6.07, 6.45) is -12.3. The number of ether oxygens (including phenoxy) is 8. The zero-order chi connectivity index (χ0) is 65.5. The molecule has 4 amide bonds. The third-order valence-electron chi connectivity index (χ3n) is 16.2. The highest BCUT2D eigenvalue weighted by Crippen LogP contribution is 2.59. The zero-order valence-corrected chi connectivity index (χ0v) is 51.1. The van der Waals surface area contributed by atoms with E-state index in [1.807, 2.05) is 5.32 Å². The Labute approximate surface area is 509 Å². The van der Waals surface area contributed by atoms with Crippen molar-refractivity contribution in [2.75, 3.05) is 34.0 Å². The lowest BCUT2D eigenvalue weighted by Gasteiger charge is -2.59. The molecule has 0 aromatic heterocycles. The van der Waals surface area contributed by atoms with Crippen LogP contribution in [-0.2, 0) is 76.3 Å². The Bertz CT molecular complexity index is 2890. The number of aliphatic carboxylic acids is 3. The van der Waals surface area contributed by atoms with Gasteiger partial charge in [-0.3, -0.25) is 24.0 Å². The van der Waals surface area contributed by atoms with Crippen molar-refractivity contribution in [3.63, 3.8) is 0 Å². The first-order valence-electron chi connectivity index (χ1n) is 28.8. The number of aliphatic hydroxyl groups is 1. The van der Waals surface area contributed by atoms with Gasteiger partial charge in [0, 0.05) is 64.7 Å². The van der Waals surface area contributed by atoms with E-state index in [9.17, 15) is 58.5 Å². The first-order chi connectivity index (χ1) is 41.3. The number of amides is 4. The number of esters is 4. The number of carboxylic acids is 3. The van der Waals surface area contributed by atoms with Crippen LogP contribution < -0.4 is 21.3 Å². The van der Waals surface area contributed by atoms with Crippen molar-refractivity contribution in [2.45, 2.75) is 179 Å². The minimum absolute atomic E-state index is 0.00466. The molecule has 484 valence electrons. The number of fused-ring (bicyclic) bond motifs is 3. The molecule has 8 N–H and O–H groups in total. The van der Waals surface area contributed by atoms with Crippen LogP contribution in [0, 0.1) is 16.7 Å². The quantitative estimate of drug-likeness (QED) is 0.0264. The van der Waals surface area contributed by atoms with Gasteiger partial charge in [0.05, 0.1) is 36.2 Å². The number of methoxy groups -OCH3 is 2. The number of hydrogen-bond donors (Lipinski definition) is 8. The molecule has 1 heterocycles. The SMILES string of the molecule is CO[C@H]1C(=O)[C@]2(C)[C@@H](OC)C[C@H](COC(C)=O)OC[C@H]2[C@H](OC(=O)c2ccccc2)[C@]2(O)C[C@H](OC(=O)[C@H](OC(=O)CCC(=O)NCCCC[C@H](NC(=O)N[C@@H](CCC(=O)O)C(=O)O)C(=O)O)[C@@H](NC(=O)OC(C)(C)C)c3ccccc3)C(C)=C1C2(C)C. The Morgan fingerprint density at radius 1 is 0.784 bits per heavy atom. The average molecular weight is 1240 g/mol. The number of hydrogen-bond acceptors (Lipinski definition) is 20. The van der Waals surface area contributed by atoms with Gasteiger partial charge in [0.15, 0.2) is 5.78 Å². The molecule has 2 fully saturated rings. The van der Waals surface area contributed by atoms with Crippen LogP contribution in [0.5, 0.6) is 0 Å². The van der Waals surface area contributed by atoms with Crippen LogP contribution in [0.2, 0.25) is 0 Å². The fourth-order valence-electron chi connectivity index (χ4n) is 11.5. The van der Waals surface area contributed by atoms with Gasteiger partial charge in [0.1, 0.15) is 54.2 Å². The van der Waals surface area contributed by atoms with Gasteiger partial charge in [-0.05, 0) is 89.1 Å². The first kappa shape index (κ1) is 70.7. The van der Waals surface area contributed by atoms with E-state index in [2.05, 4.69) is 16.0 Å². The predicted octanol–water partition coefficient (Wildman–Crippen LogP) is 4.50. The summed E-state index contributed by atoms with van der Waals surface area (Å²) in [5, 5.41) is 51.2. The lowest BCUT2D eigenvalue weighted by atomic mass is 9.50. The largest absolute Gasteiger partial charge is 0.481 e. The Morgan fingerprint density at radius 3 is 1.97 bits per heavy atom. The van der Waals surface area contributed by atoms with Crippen molar-refractivity contribution in [3.8, 4) is 0 Å². The summed E-state index contributed by atoms with van der Waals surface area (Å²) >= 11 is 0. The lowest BCUT2D eigenvalue weighted by Crippen LogP contribution is -2.70. The molecule has 12 atom stereocenters. The smallest absolute Gasteiger partial charge is 0.408 e. The van der Waals surface area contributed by atoms with E-state index < -0.39 is 180 Å². The molecule has 0 spiro atoms. The molecule has 5 rings (SSSR count). The van der Waals surface area contributed by atoms with Crippen molar-refractivity contribution >= 4 is 65.6 Å². The number of carbonyl (C=O) groups is 11. The fraction of sp³-hybridized carbons (Fsp3) is 0.590. The molecule has 2 bridgehead atoms. The van der Waals surface area contributed by atoms with Gasteiger partial charge in [0.25, 0.3) is 0 Å². The second kappa shape index (κ2) is 30.8. The van der Waals surface area contributed by atoms with Crippen LogP contribution >= 0.6 is 0 Å². The first-order valence-corrected chi connectivity index (χ1v) is 28.8. The fourth-order valence-corrected chi connectivity index (χ4v) is 11.5. The van der Waals surface area contributed by atoms with E-state index in [-0.39, 0.29) is 67.7 Å². The molecule has 2 aromatic rings. The summed E-state index contributed by atoms with van der Waals surface area (Å²) < 4.78 is 48.3. The summed E-state index contributed by atoms with van der Waals surface area (Å²) in [5.74, 6) is -10.7. The van der Waals surface area contributed by atoms with E-state index in [0.29, 0.717) is 0 Å². The minimum atomic E-state index is -2.31. The summed E-state index contributed by atoms with van der Waals surface area (Å²) in [6.45, 7) is 11.8. The van der Waals surface area contributed by atoms with Crippen LogP contribution in [0.15, 0.2) is 71.8 Å². The van der Waals surface area contributed by atoms with Crippen molar-refractivity contribution in [2.24, 2.45) is 16.7 Å². The maximum absolute atomic E-state index is 15.8. The number of carbonyl (C=O) groups excluding carboxylic acids is 8. The Morgan fingerprint density at radius 2 is 1.40 bits per heavy atom. The van der Waals surface area contributed by atoms with Gasteiger partial charge in [0.2, 0.25) is 12.0 Å². The molecule has 2 aromatic carbocycles. The molecule has 2 aliphatic carbocycles. The van der Waals surface area contributed by atoms with Crippen LogP contribution in [0.4, 0.5) is 9.59 Å². The number of nitrogens with one attached hydrogen (secondary N) is 4. The van der Waals surface area contributed by atoms with E-state index in [4.69, 9.17) is 43.0 Å². The molecule has 27 heteroatoms. The highest BCUT2D eigenvalue weighted by molar-refractivity contribution is 5.94. The number of Topliss-reactive ketones (excluding diaryl/α,β-unsaturated/α-hetero) is 1. The Kier molecular flexibility index (Phi) is 24.7. The maximum Gasteiger partial charge on any atom is 0.408 e. The van der Waals surface area contributed by atoms with Crippen molar-refractivity contribution in [1.29, 1.82) is 0 Å². The second-order valence-corrected chi connectivity index (χ2v) is 23.7. The van der Waals surface area contributed by atoms with Gasteiger partial charge in [-0.2, -0.15) is 0 Å². The van der Waals surface area contributed by atoms with Gasteiger partial charge in [-0.15, -0.1) is 0 Å². The average Bonchev–Trinajstić information content (AvgIpc) is 0.887. The Balaban J connectivity index is 1.47. The number of unbranched alkanes of at least 4 members (excludes halogenated alkanes) is 1. The van der Waals surface area contributed by atoms with Gasteiger partial charge < -0.3 is 79.6 Å². The van der Waals surface area contributed by atoms with E-state index in [0.717, 1.165) is 0 Å². The third kappa shape index (κ3) is 17.8.